The molecule has 9 heteroatoms. The van der Waals surface area contributed by atoms with Crippen LogP contribution >= 0.6 is 15.9 Å². The van der Waals surface area contributed by atoms with Gasteiger partial charge in [-0.1, -0.05) is 28.1 Å². The molecule has 21 heavy (non-hydrogen) atoms. The summed E-state index contributed by atoms with van der Waals surface area (Å²) in [6.45, 7) is 0. The van der Waals surface area contributed by atoms with E-state index in [4.69, 9.17) is 0 Å². The molecule has 2 aromatic rings. The van der Waals surface area contributed by atoms with Crippen LogP contribution in [0, 0.1) is 0 Å². The van der Waals surface area contributed by atoms with Crippen molar-refractivity contribution >= 4 is 28.1 Å². The highest BCUT2D eigenvalue weighted by Gasteiger charge is 2.08. The van der Waals surface area contributed by atoms with Crippen molar-refractivity contribution in [1.29, 1.82) is 0 Å². The van der Waals surface area contributed by atoms with Crippen LogP contribution in [0.1, 0.15) is 11.3 Å². The minimum Gasteiger partial charge on any atom is -0.273 e. The molecule has 0 aliphatic heterocycles. The van der Waals surface area contributed by atoms with Crippen molar-refractivity contribution in [3.8, 4) is 0 Å². The molecule has 1 aromatic carbocycles. The van der Waals surface area contributed by atoms with E-state index in [0.29, 0.717) is 0 Å². The van der Waals surface area contributed by atoms with Crippen LogP contribution in [-0.4, -0.2) is 27.3 Å². The lowest BCUT2D eigenvalue weighted by Crippen LogP contribution is -2.31. The zero-order chi connectivity index (χ0) is 15.2. The summed E-state index contributed by atoms with van der Waals surface area (Å²) in [6.07, 6.45) is 1.18. The third kappa shape index (κ3) is 4.49. The highest BCUT2D eigenvalue weighted by molar-refractivity contribution is 9.10. The number of nitrogens with one attached hydrogen (secondary N) is 3. The first-order valence-corrected chi connectivity index (χ1v) is 6.59. The number of benzene rings is 1. The molecule has 0 radical (unpaired) electrons. The van der Waals surface area contributed by atoms with Crippen LogP contribution in [0.25, 0.3) is 0 Å². The topological polar surface area (TPSA) is 120 Å². The summed E-state index contributed by atoms with van der Waals surface area (Å²) >= 11 is 3.32. The van der Waals surface area contributed by atoms with E-state index in [1.54, 1.807) is 0 Å². The number of aromatic amines is 2. The third-order valence-electron chi connectivity index (χ3n) is 2.36. The van der Waals surface area contributed by atoms with E-state index in [9.17, 15) is 14.4 Å². The second-order valence-electron chi connectivity index (χ2n) is 3.98. The minimum absolute atomic E-state index is 0.0928. The van der Waals surface area contributed by atoms with Gasteiger partial charge in [0, 0.05) is 4.47 Å². The lowest BCUT2D eigenvalue weighted by atomic mass is 10.2. The number of carbonyl (C=O) groups excluding carboxylic acids is 1. The number of aromatic nitrogens is 3. The van der Waals surface area contributed by atoms with Crippen LogP contribution < -0.4 is 16.7 Å². The maximum absolute atomic E-state index is 11.6. The van der Waals surface area contributed by atoms with E-state index in [-0.39, 0.29) is 12.1 Å². The van der Waals surface area contributed by atoms with Gasteiger partial charge in [-0.2, -0.15) is 10.2 Å². The van der Waals surface area contributed by atoms with Crippen molar-refractivity contribution in [1.82, 2.24) is 20.6 Å². The largest absolute Gasteiger partial charge is 0.342 e. The lowest BCUT2D eigenvalue weighted by molar-refractivity contribution is -0.120. The summed E-state index contributed by atoms with van der Waals surface area (Å²) in [7, 11) is 0. The number of rotatable bonds is 4. The Balaban J connectivity index is 1.96. The number of H-pyrrole nitrogens is 2. The van der Waals surface area contributed by atoms with Gasteiger partial charge in [-0.15, -0.1) is 0 Å². The molecular weight excluding hydrogens is 342 g/mol. The van der Waals surface area contributed by atoms with E-state index in [0.717, 1.165) is 10.0 Å². The molecule has 1 aromatic heterocycles. The highest BCUT2D eigenvalue weighted by atomic mass is 79.9. The summed E-state index contributed by atoms with van der Waals surface area (Å²) < 4.78 is 0.891. The molecule has 0 aliphatic carbocycles. The Morgan fingerprint density at radius 1 is 1.43 bits per heavy atom. The highest BCUT2D eigenvalue weighted by Crippen LogP contribution is 2.09. The fourth-order valence-electron chi connectivity index (χ4n) is 1.45. The predicted octanol–water partition coefficient (Wildman–Crippen LogP) is -0.0865. The maximum atomic E-state index is 11.6. The Morgan fingerprint density at radius 2 is 2.24 bits per heavy atom. The summed E-state index contributed by atoms with van der Waals surface area (Å²) in [5.74, 6) is -0.522. The van der Waals surface area contributed by atoms with Gasteiger partial charge in [0.05, 0.1) is 12.6 Å². The van der Waals surface area contributed by atoms with Crippen LogP contribution in [0.4, 0.5) is 0 Å². The standard InChI is InChI=1S/C12H10BrN5O3/c13-8-3-1-2-7(4-8)6-14-17-10(19)5-9-11(20)15-12(21)18-16-9/h1-4,6H,5H2,(H,17,19)(H2,15,18,20,21). The molecule has 0 spiro atoms. The minimum atomic E-state index is -0.725. The second kappa shape index (κ2) is 6.75. The number of hydrogen-bond acceptors (Lipinski definition) is 5. The fraction of sp³-hybridized carbons (Fsp3) is 0.0833. The molecule has 108 valence electrons. The van der Waals surface area contributed by atoms with Gasteiger partial charge < -0.3 is 0 Å². The van der Waals surface area contributed by atoms with E-state index >= 15 is 0 Å². The van der Waals surface area contributed by atoms with Crippen LogP contribution in [0.5, 0.6) is 0 Å². The summed E-state index contributed by atoms with van der Waals surface area (Å²) in [5.41, 5.74) is 1.55. The van der Waals surface area contributed by atoms with E-state index in [1.165, 1.54) is 6.21 Å². The first-order valence-electron chi connectivity index (χ1n) is 5.80. The zero-order valence-electron chi connectivity index (χ0n) is 10.6. The molecule has 3 N–H and O–H groups in total. The summed E-state index contributed by atoms with van der Waals surface area (Å²) in [4.78, 5) is 35.7. The van der Waals surface area contributed by atoms with Gasteiger partial charge in [0.15, 0.2) is 0 Å². The summed E-state index contributed by atoms with van der Waals surface area (Å²) in [5, 5.41) is 9.31. The molecule has 0 atom stereocenters. The molecule has 0 fully saturated rings. The predicted molar refractivity (Wildman–Crippen MR) is 79.1 cm³/mol. The molecule has 1 amide bonds. The molecule has 0 bridgehead atoms. The van der Waals surface area contributed by atoms with Gasteiger partial charge >= 0.3 is 5.69 Å². The Bertz CT molecular complexity index is 796. The van der Waals surface area contributed by atoms with Crippen LogP contribution in [0.3, 0.4) is 0 Å². The van der Waals surface area contributed by atoms with Crippen LogP contribution in [0.15, 0.2) is 43.4 Å². The number of hydrazone groups is 1. The Morgan fingerprint density at radius 3 is 2.95 bits per heavy atom. The Labute approximate surface area is 126 Å². The molecule has 0 saturated heterocycles. The van der Waals surface area contributed by atoms with Crippen molar-refractivity contribution in [3.63, 3.8) is 0 Å². The van der Waals surface area contributed by atoms with E-state index in [1.807, 2.05) is 34.3 Å². The number of hydrogen-bond donors (Lipinski definition) is 3. The quantitative estimate of drug-likeness (QED) is 0.526. The smallest absolute Gasteiger partial charge is 0.273 e. The number of nitrogens with zero attached hydrogens (tertiary/aromatic N) is 2. The van der Waals surface area contributed by atoms with E-state index < -0.39 is 17.2 Å². The van der Waals surface area contributed by atoms with Crippen LogP contribution in [-0.2, 0) is 11.2 Å². The SMILES string of the molecule is O=C(Cc1n[nH]c(=O)[nH]c1=O)NN=Cc1cccc(Br)c1. The lowest BCUT2D eigenvalue weighted by Gasteiger charge is -1.98. The Hall–Kier alpha value is -2.55. The first kappa shape index (κ1) is 14.9. The van der Waals surface area contributed by atoms with Crippen molar-refractivity contribution in [3.05, 3.63) is 60.8 Å². The third-order valence-corrected chi connectivity index (χ3v) is 2.85. The maximum Gasteiger partial charge on any atom is 0.342 e. The van der Waals surface area contributed by atoms with Crippen LogP contribution in [0.2, 0.25) is 0 Å². The number of amides is 1. The van der Waals surface area contributed by atoms with Gasteiger partial charge in [-0.3, -0.25) is 14.6 Å². The monoisotopic (exact) mass is 351 g/mol. The number of carbonyl (C=O) groups is 1. The zero-order valence-corrected chi connectivity index (χ0v) is 12.2. The number of halogens is 1. The van der Waals surface area contributed by atoms with Gasteiger partial charge in [0.2, 0.25) is 5.91 Å². The summed E-state index contributed by atoms with van der Waals surface area (Å²) in [6, 6.07) is 7.33. The molecule has 1 heterocycles. The van der Waals surface area contributed by atoms with Crippen molar-refractivity contribution < 1.29 is 4.79 Å². The van der Waals surface area contributed by atoms with Gasteiger partial charge in [0.1, 0.15) is 5.69 Å². The molecule has 0 aliphatic rings. The van der Waals surface area contributed by atoms with Gasteiger partial charge in [0.25, 0.3) is 5.56 Å². The van der Waals surface area contributed by atoms with Crippen molar-refractivity contribution in [2.75, 3.05) is 0 Å². The molecule has 8 nitrogen and oxygen atoms in total. The van der Waals surface area contributed by atoms with Crippen molar-refractivity contribution in [2.45, 2.75) is 6.42 Å². The second-order valence-corrected chi connectivity index (χ2v) is 4.89. The molecule has 0 saturated carbocycles. The van der Waals surface area contributed by atoms with Gasteiger partial charge in [-0.25, -0.2) is 15.3 Å². The molecule has 2 rings (SSSR count). The molecular formula is C12H10BrN5O3. The van der Waals surface area contributed by atoms with Crippen molar-refractivity contribution in [2.24, 2.45) is 5.10 Å². The average molecular weight is 352 g/mol. The fourth-order valence-corrected chi connectivity index (χ4v) is 1.87. The first-order chi connectivity index (χ1) is 10.0. The average Bonchev–Trinajstić information content (AvgIpc) is 2.42. The Kier molecular flexibility index (Phi) is 4.77. The normalized spacial score (nSPS) is 10.7. The molecule has 0 unspecified atom stereocenters. The van der Waals surface area contributed by atoms with Gasteiger partial charge in [-0.05, 0) is 17.7 Å². The van der Waals surface area contributed by atoms with E-state index in [2.05, 4.69) is 31.6 Å².